The second-order valence-electron chi connectivity index (χ2n) is 9.30. The largest absolute Gasteiger partial charge is 0.497 e. The molecule has 5 aromatic carbocycles. The van der Waals surface area contributed by atoms with Gasteiger partial charge in [0.2, 0.25) is 11.4 Å². The van der Waals surface area contributed by atoms with E-state index in [0.29, 0.717) is 22.4 Å². The van der Waals surface area contributed by atoms with Crippen molar-refractivity contribution >= 4 is 33.3 Å². The number of fused-ring (bicyclic) bond motifs is 5. The number of methoxy groups -OCH3 is 3. The first-order valence-corrected chi connectivity index (χ1v) is 12.5. The quantitative estimate of drug-likeness (QED) is 0.147. The zero-order valence-electron chi connectivity index (χ0n) is 21.9. The van der Waals surface area contributed by atoms with Crippen molar-refractivity contribution in [2.75, 3.05) is 21.3 Å². The van der Waals surface area contributed by atoms with Crippen LogP contribution in [0.4, 0.5) is 4.39 Å². The molecule has 6 nitrogen and oxygen atoms in total. The molecule has 1 aliphatic rings. The zero-order chi connectivity index (χ0) is 28.0. The van der Waals surface area contributed by atoms with Gasteiger partial charge >= 0.3 is 0 Å². The third-order valence-corrected chi connectivity index (χ3v) is 7.39. The Morgan fingerprint density at radius 3 is 2.05 bits per heavy atom. The van der Waals surface area contributed by atoms with Gasteiger partial charge in [-0.1, -0.05) is 54.6 Å². The Labute approximate surface area is 229 Å². The van der Waals surface area contributed by atoms with Crippen LogP contribution in [0.15, 0.2) is 90.5 Å². The van der Waals surface area contributed by atoms with Crippen molar-refractivity contribution in [1.29, 1.82) is 0 Å². The van der Waals surface area contributed by atoms with E-state index in [0.717, 1.165) is 16.2 Å². The summed E-state index contributed by atoms with van der Waals surface area (Å²) in [6.45, 7) is 0. The van der Waals surface area contributed by atoms with Crippen LogP contribution < -0.4 is 18.9 Å². The van der Waals surface area contributed by atoms with E-state index in [4.69, 9.17) is 18.9 Å². The van der Waals surface area contributed by atoms with Crippen LogP contribution in [-0.2, 0) is 10.4 Å². The fourth-order valence-corrected chi connectivity index (χ4v) is 5.54. The third-order valence-electron chi connectivity index (χ3n) is 7.39. The lowest BCUT2D eigenvalue weighted by Gasteiger charge is -2.40. The molecule has 7 heteroatoms. The van der Waals surface area contributed by atoms with Gasteiger partial charge in [-0.3, -0.25) is 4.79 Å². The van der Waals surface area contributed by atoms with E-state index < -0.39 is 22.8 Å². The van der Waals surface area contributed by atoms with Crippen molar-refractivity contribution in [3.05, 3.63) is 113 Å². The summed E-state index contributed by atoms with van der Waals surface area (Å²) in [7, 11) is 4.52. The first-order valence-electron chi connectivity index (χ1n) is 12.5. The highest BCUT2D eigenvalue weighted by Gasteiger charge is 2.52. The fourth-order valence-electron chi connectivity index (χ4n) is 5.54. The maximum Gasteiger partial charge on any atom is 0.212 e. The van der Waals surface area contributed by atoms with E-state index in [9.17, 15) is 9.59 Å². The molecule has 1 atom stereocenters. The Morgan fingerprint density at radius 1 is 0.750 bits per heavy atom. The van der Waals surface area contributed by atoms with Crippen molar-refractivity contribution in [2.24, 2.45) is 0 Å². The second kappa shape index (κ2) is 9.56. The van der Waals surface area contributed by atoms with Gasteiger partial charge in [0.25, 0.3) is 0 Å². The van der Waals surface area contributed by atoms with E-state index in [-0.39, 0.29) is 22.6 Å². The van der Waals surface area contributed by atoms with E-state index in [2.05, 4.69) is 0 Å². The Morgan fingerprint density at radius 2 is 1.40 bits per heavy atom. The number of rotatable bonds is 5. The van der Waals surface area contributed by atoms with Crippen LogP contribution >= 0.6 is 0 Å². The summed E-state index contributed by atoms with van der Waals surface area (Å²) in [5, 5.41) is 2.96. The third kappa shape index (κ3) is 3.49. The van der Waals surface area contributed by atoms with Crippen molar-refractivity contribution in [3.8, 4) is 23.0 Å². The van der Waals surface area contributed by atoms with Gasteiger partial charge in [0.15, 0.2) is 0 Å². The lowest BCUT2D eigenvalue weighted by Crippen LogP contribution is -2.44. The molecule has 1 heterocycles. The smallest absolute Gasteiger partial charge is 0.212 e. The van der Waals surface area contributed by atoms with Gasteiger partial charge in [0.1, 0.15) is 45.9 Å². The lowest BCUT2D eigenvalue weighted by atomic mass is 9.74. The molecule has 0 bridgehead atoms. The topological polar surface area (TPSA) is 71.1 Å². The summed E-state index contributed by atoms with van der Waals surface area (Å²) in [5.41, 5.74) is -1.98. The monoisotopic (exact) mass is 534 g/mol. The summed E-state index contributed by atoms with van der Waals surface area (Å²) in [6.07, 6.45) is 0. The molecule has 0 amide bonds. The molecule has 0 saturated heterocycles. The summed E-state index contributed by atoms with van der Waals surface area (Å²) in [4.78, 5) is 26.9. The highest BCUT2D eigenvalue weighted by Crippen LogP contribution is 2.53. The Kier molecular flexibility index (Phi) is 6.01. The van der Waals surface area contributed by atoms with E-state index in [1.165, 1.54) is 32.4 Å². The standard InChI is InChI=1S/C33H23FO6/c1-37-20-14-12-19(13-15-20)33(25-10-6-7-11-27(25)34)26(18-35)31(36)30-29(39-3)16-23-21-8-4-5-9-22(21)28(38-2)17-24(23)32(30)40-33/h4-17H,1-3H3. The lowest BCUT2D eigenvalue weighted by molar-refractivity contribution is 0.0854. The molecule has 0 fully saturated rings. The Balaban J connectivity index is 1.78. The molecule has 0 saturated carbocycles. The molecule has 0 N–H and O–H groups in total. The average Bonchev–Trinajstić information content (AvgIpc) is 3.00. The van der Waals surface area contributed by atoms with Crippen molar-refractivity contribution < 1.29 is 32.9 Å². The molecule has 6 rings (SSSR count). The molecule has 198 valence electrons. The SMILES string of the molecule is COc1ccc(C2(c3ccccc3F)Oc3c(c(OC)cc4c3cc(OC)c3ccccc34)C(=O)C2=C=O)cc1. The molecule has 0 aliphatic carbocycles. The van der Waals surface area contributed by atoms with E-state index in [1.807, 2.05) is 24.3 Å². The summed E-state index contributed by atoms with van der Waals surface area (Å²) < 4.78 is 39.1. The number of halogens is 1. The number of benzene rings is 5. The molecular weight excluding hydrogens is 511 g/mol. The fraction of sp³-hybridized carbons (Fsp3) is 0.121. The predicted octanol–water partition coefficient (Wildman–Crippen LogP) is 6.43. The highest BCUT2D eigenvalue weighted by atomic mass is 19.1. The average molecular weight is 535 g/mol. The number of hydrogen-bond acceptors (Lipinski definition) is 6. The molecule has 0 spiro atoms. The number of carbonyl (C=O) groups is 1. The van der Waals surface area contributed by atoms with Crippen molar-refractivity contribution in [3.63, 3.8) is 0 Å². The Bertz CT molecular complexity index is 1870. The van der Waals surface area contributed by atoms with Crippen LogP contribution in [0.2, 0.25) is 0 Å². The summed E-state index contributed by atoms with van der Waals surface area (Å²) >= 11 is 0. The van der Waals surface area contributed by atoms with Crippen molar-refractivity contribution in [2.45, 2.75) is 5.60 Å². The van der Waals surface area contributed by atoms with E-state index >= 15 is 4.39 Å². The molecule has 5 aromatic rings. The maximum atomic E-state index is 15.6. The first-order chi connectivity index (χ1) is 19.5. The van der Waals surface area contributed by atoms with Gasteiger partial charge < -0.3 is 18.9 Å². The molecule has 0 radical (unpaired) electrons. The van der Waals surface area contributed by atoms with Gasteiger partial charge in [-0.15, -0.1) is 0 Å². The van der Waals surface area contributed by atoms with E-state index in [1.54, 1.807) is 55.5 Å². The zero-order valence-corrected chi connectivity index (χ0v) is 21.9. The minimum atomic E-state index is -1.96. The van der Waals surface area contributed by atoms with Crippen LogP contribution in [0.1, 0.15) is 21.5 Å². The van der Waals surface area contributed by atoms with Gasteiger partial charge in [-0.25, -0.2) is 9.18 Å². The number of ketones is 1. The van der Waals surface area contributed by atoms with Crippen LogP contribution in [0.25, 0.3) is 21.5 Å². The number of hydrogen-bond donors (Lipinski definition) is 0. The molecule has 1 aliphatic heterocycles. The number of ether oxygens (including phenoxy) is 4. The number of Topliss-reactive ketones (excluding diaryl/α,β-unsaturated/α-hetero) is 1. The van der Waals surface area contributed by atoms with Gasteiger partial charge in [0, 0.05) is 21.9 Å². The number of carbonyl (C=O) groups excluding carboxylic acids is 2. The Hall–Kier alpha value is -5.13. The molecule has 40 heavy (non-hydrogen) atoms. The maximum absolute atomic E-state index is 15.6. The molecule has 0 aromatic heterocycles. The molecular formula is C33H23FO6. The normalized spacial score (nSPS) is 16.3. The molecule has 1 unspecified atom stereocenters. The highest BCUT2D eigenvalue weighted by molar-refractivity contribution is 6.24. The van der Waals surface area contributed by atoms with Crippen LogP contribution in [0.5, 0.6) is 23.0 Å². The van der Waals surface area contributed by atoms with Crippen molar-refractivity contribution in [1.82, 2.24) is 0 Å². The van der Waals surface area contributed by atoms with Gasteiger partial charge in [-0.2, -0.15) is 0 Å². The van der Waals surface area contributed by atoms with Crippen LogP contribution in [0.3, 0.4) is 0 Å². The first kappa shape index (κ1) is 25.2. The minimum absolute atomic E-state index is 0.0127. The second-order valence-corrected chi connectivity index (χ2v) is 9.30. The summed E-state index contributed by atoms with van der Waals surface area (Å²) in [5.74, 6) is 1.92. The van der Waals surface area contributed by atoms with Gasteiger partial charge in [-0.05, 0) is 41.1 Å². The van der Waals surface area contributed by atoms with Gasteiger partial charge in [0.05, 0.1) is 21.3 Å². The summed E-state index contributed by atoms with van der Waals surface area (Å²) in [6, 6.07) is 23.7. The van der Waals surface area contributed by atoms with Crippen LogP contribution in [0, 0.1) is 5.82 Å². The van der Waals surface area contributed by atoms with Crippen LogP contribution in [-0.4, -0.2) is 33.1 Å². The predicted molar refractivity (Wildman–Crippen MR) is 149 cm³/mol. The minimum Gasteiger partial charge on any atom is -0.497 e.